The van der Waals surface area contributed by atoms with Gasteiger partial charge in [-0.2, -0.15) is 0 Å². The summed E-state index contributed by atoms with van der Waals surface area (Å²) in [6.45, 7) is 3.43. The Hall–Kier alpha value is -1.42. The quantitative estimate of drug-likeness (QED) is 0.778. The van der Waals surface area contributed by atoms with Crippen molar-refractivity contribution in [1.29, 1.82) is 0 Å². The summed E-state index contributed by atoms with van der Waals surface area (Å²) in [5.74, 6) is -0.530. The van der Waals surface area contributed by atoms with E-state index in [9.17, 15) is 14.7 Å². The predicted molar refractivity (Wildman–Crippen MR) is 58.7 cm³/mol. The largest absolute Gasteiger partial charge is 0.497 e. The number of hydrogen-bond acceptors (Lipinski definition) is 4. The summed E-state index contributed by atoms with van der Waals surface area (Å²) in [7, 11) is 1.37. The van der Waals surface area contributed by atoms with E-state index in [0.29, 0.717) is 5.57 Å². The van der Waals surface area contributed by atoms with E-state index in [4.69, 9.17) is 4.74 Å². The Balaban J connectivity index is 3.06. The third-order valence-corrected chi connectivity index (χ3v) is 2.60. The van der Waals surface area contributed by atoms with Crippen LogP contribution >= 0.6 is 0 Å². The van der Waals surface area contributed by atoms with Crippen LogP contribution < -0.4 is 0 Å². The summed E-state index contributed by atoms with van der Waals surface area (Å²) >= 11 is 0. The molecule has 16 heavy (non-hydrogen) atoms. The summed E-state index contributed by atoms with van der Waals surface area (Å²) in [6, 6.07) is 0. The van der Waals surface area contributed by atoms with E-state index in [2.05, 4.69) is 0 Å². The lowest BCUT2D eigenvalue weighted by Crippen LogP contribution is -2.44. The number of methoxy groups -OCH3 is 1. The van der Waals surface area contributed by atoms with E-state index < -0.39 is 11.4 Å². The van der Waals surface area contributed by atoms with Crippen molar-refractivity contribution in [2.45, 2.75) is 32.3 Å². The third kappa shape index (κ3) is 2.22. The minimum atomic E-state index is -1.82. The van der Waals surface area contributed by atoms with Crippen LogP contribution in [0.15, 0.2) is 23.5 Å². The maximum Gasteiger partial charge on any atom is 0.195 e. The molecule has 88 valence electrons. The zero-order chi connectivity index (χ0) is 12.3. The highest BCUT2D eigenvalue weighted by Crippen LogP contribution is 2.29. The van der Waals surface area contributed by atoms with Gasteiger partial charge in [0.2, 0.25) is 0 Å². The standard InChI is InChI=1S/C12H16O4/c1-4-9(13)7-12(15)10(14)5-8(2)6-11(12)16-3/h5-6,15H,4,7H2,1-3H3. The zero-order valence-corrected chi connectivity index (χ0v) is 9.74. The van der Waals surface area contributed by atoms with Crippen LogP contribution in [0.2, 0.25) is 0 Å². The molecule has 0 amide bonds. The van der Waals surface area contributed by atoms with Crippen LogP contribution in [0.4, 0.5) is 0 Å². The summed E-state index contributed by atoms with van der Waals surface area (Å²) in [6.07, 6.45) is 2.96. The van der Waals surface area contributed by atoms with Gasteiger partial charge in [0.25, 0.3) is 0 Å². The lowest BCUT2D eigenvalue weighted by Gasteiger charge is -2.29. The monoisotopic (exact) mass is 224 g/mol. The SMILES string of the molecule is CCC(=O)CC1(O)C(=O)C=C(C)C=C1OC. The molecule has 0 aromatic heterocycles. The van der Waals surface area contributed by atoms with Crippen molar-refractivity contribution in [3.8, 4) is 0 Å². The molecule has 0 fully saturated rings. The van der Waals surface area contributed by atoms with E-state index in [1.807, 2.05) is 0 Å². The zero-order valence-electron chi connectivity index (χ0n) is 9.74. The number of allylic oxidation sites excluding steroid dienone is 2. The van der Waals surface area contributed by atoms with Gasteiger partial charge in [-0.25, -0.2) is 0 Å². The van der Waals surface area contributed by atoms with Gasteiger partial charge in [-0.1, -0.05) is 6.92 Å². The Kier molecular flexibility index (Phi) is 3.65. The van der Waals surface area contributed by atoms with Gasteiger partial charge < -0.3 is 9.84 Å². The molecule has 1 N–H and O–H groups in total. The fourth-order valence-corrected chi connectivity index (χ4v) is 1.63. The Labute approximate surface area is 94.6 Å². The summed E-state index contributed by atoms with van der Waals surface area (Å²) in [5, 5.41) is 10.2. The second-order valence-electron chi connectivity index (χ2n) is 3.89. The molecule has 0 saturated heterocycles. The molecule has 1 rings (SSSR count). The molecule has 1 aliphatic carbocycles. The summed E-state index contributed by atoms with van der Waals surface area (Å²) in [5.41, 5.74) is -1.11. The number of carbonyl (C=O) groups is 2. The predicted octanol–water partition coefficient (Wildman–Crippen LogP) is 1.15. The van der Waals surface area contributed by atoms with Crippen molar-refractivity contribution in [2.75, 3.05) is 7.11 Å². The molecule has 0 radical (unpaired) electrons. The molecule has 0 aliphatic heterocycles. The van der Waals surface area contributed by atoms with Crippen LogP contribution in [0, 0.1) is 0 Å². The second-order valence-corrected chi connectivity index (χ2v) is 3.89. The van der Waals surface area contributed by atoms with Crippen molar-refractivity contribution in [1.82, 2.24) is 0 Å². The topological polar surface area (TPSA) is 63.6 Å². The Morgan fingerprint density at radius 3 is 2.62 bits per heavy atom. The lowest BCUT2D eigenvalue weighted by molar-refractivity contribution is -0.138. The highest BCUT2D eigenvalue weighted by atomic mass is 16.5. The van der Waals surface area contributed by atoms with E-state index in [1.54, 1.807) is 19.9 Å². The summed E-state index contributed by atoms with van der Waals surface area (Å²) in [4.78, 5) is 23.1. The number of hydrogen-bond donors (Lipinski definition) is 1. The normalized spacial score (nSPS) is 24.9. The average molecular weight is 224 g/mol. The van der Waals surface area contributed by atoms with Crippen molar-refractivity contribution < 1.29 is 19.4 Å². The minimum absolute atomic E-state index is 0.138. The van der Waals surface area contributed by atoms with Gasteiger partial charge in [0.05, 0.1) is 7.11 Å². The molecule has 0 aromatic carbocycles. The van der Waals surface area contributed by atoms with Crippen LogP contribution in [-0.2, 0) is 14.3 Å². The third-order valence-electron chi connectivity index (χ3n) is 2.60. The Morgan fingerprint density at radius 1 is 1.50 bits per heavy atom. The number of carbonyl (C=O) groups excluding carboxylic acids is 2. The first-order valence-corrected chi connectivity index (χ1v) is 5.17. The smallest absolute Gasteiger partial charge is 0.195 e. The fraction of sp³-hybridized carbons (Fsp3) is 0.500. The molecule has 0 spiro atoms. The van der Waals surface area contributed by atoms with Gasteiger partial charge in [-0.3, -0.25) is 9.59 Å². The molecule has 4 nitrogen and oxygen atoms in total. The van der Waals surface area contributed by atoms with Crippen molar-refractivity contribution >= 4 is 11.6 Å². The molecule has 1 aliphatic rings. The summed E-state index contributed by atoms with van der Waals surface area (Å²) < 4.78 is 4.99. The minimum Gasteiger partial charge on any atom is -0.497 e. The van der Waals surface area contributed by atoms with Gasteiger partial charge in [0, 0.05) is 12.8 Å². The van der Waals surface area contributed by atoms with Crippen molar-refractivity contribution in [3.05, 3.63) is 23.5 Å². The molecular formula is C12H16O4. The molecule has 0 saturated carbocycles. The lowest BCUT2D eigenvalue weighted by atomic mass is 9.84. The number of rotatable bonds is 4. The maximum atomic E-state index is 11.7. The first kappa shape index (κ1) is 12.6. The number of ketones is 2. The van der Waals surface area contributed by atoms with E-state index in [1.165, 1.54) is 13.2 Å². The Morgan fingerprint density at radius 2 is 2.12 bits per heavy atom. The van der Waals surface area contributed by atoms with Crippen molar-refractivity contribution in [3.63, 3.8) is 0 Å². The van der Waals surface area contributed by atoms with Crippen LogP contribution in [0.3, 0.4) is 0 Å². The highest BCUT2D eigenvalue weighted by molar-refractivity contribution is 6.04. The molecule has 0 bridgehead atoms. The first-order valence-electron chi connectivity index (χ1n) is 5.17. The molecule has 4 heteroatoms. The van der Waals surface area contributed by atoms with Gasteiger partial charge in [-0.05, 0) is 24.6 Å². The highest BCUT2D eigenvalue weighted by Gasteiger charge is 2.43. The van der Waals surface area contributed by atoms with Crippen LogP contribution in [0.25, 0.3) is 0 Å². The van der Waals surface area contributed by atoms with Crippen molar-refractivity contribution in [2.24, 2.45) is 0 Å². The number of ether oxygens (including phenoxy) is 1. The van der Waals surface area contributed by atoms with Gasteiger partial charge >= 0.3 is 0 Å². The number of Topliss-reactive ketones (excluding diaryl/α,β-unsaturated/α-hetero) is 1. The average Bonchev–Trinajstić information content (AvgIpc) is 2.23. The van der Waals surface area contributed by atoms with Gasteiger partial charge in [0.15, 0.2) is 11.4 Å². The van der Waals surface area contributed by atoms with Gasteiger partial charge in [-0.15, -0.1) is 0 Å². The van der Waals surface area contributed by atoms with E-state index in [-0.39, 0.29) is 24.4 Å². The molecule has 1 atom stereocenters. The maximum absolute atomic E-state index is 11.7. The molecular weight excluding hydrogens is 208 g/mol. The molecule has 0 heterocycles. The fourth-order valence-electron chi connectivity index (χ4n) is 1.63. The second kappa shape index (κ2) is 4.61. The van der Waals surface area contributed by atoms with E-state index in [0.717, 1.165) is 0 Å². The van der Waals surface area contributed by atoms with E-state index >= 15 is 0 Å². The Bertz CT molecular complexity index is 378. The first-order chi connectivity index (χ1) is 7.43. The van der Waals surface area contributed by atoms with Crippen LogP contribution in [0.5, 0.6) is 0 Å². The van der Waals surface area contributed by atoms with Gasteiger partial charge in [0.1, 0.15) is 11.5 Å². The molecule has 1 unspecified atom stereocenters. The van der Waals surface area contributed by atoms with Crippen LogP contribution in [-0.4, -0.2) is 29.4 Å². The molecule has 0 aromatic rings. The number of aliphatic hydroxyl groups is 1. The van der Waals surface area contributed by atoms with Crippen LogP contribution in [0.1, 0.15) is 26.7 Å².